The predicted octanol–water partition coefficient (Wildman–Crippen LogP) is 1.30. The summed E-state index contributed by atoms with van der Waals surface area (Å²) in [5.74, 6) is 0.701. The Kier molecular flexibility index (Phi) is 4.00. The van der Waals surface area contributed by atoms with Crippen LogP contribution in [0.4, 0.5) is 8.78 Å². The lowest BCUT2D eigenvalue weighted by Gasteiger charge is -2.15. The normalized spacial score (nSPS) is 13.5. The zero-order valence-electron chi connectivity index (χ0n) is 8.37. The van der Waals surface area contributed by atoms with E-state index in [1.54, 1.807) is 12.4 Å². The molecule has 0 fully saturated rings. The predicted molar refractivity (Wildman–Crippen MR) is 50.5 cm³/mol. The molecule has 14 heavy (non-hydrogen) atoms. The average Bonchev–Trinajstić information content (AvgIpc) is 2.60. The molecular formula is C9H15F2N3. The number of aryl methyl sites for hydroxylation is 1. The monoisotopic (exact) mass is 203 g/mol. The van der Waals surface area contributed by atoms with Crippen LogP contribution in [0.25, 0.3) is 0 Å². The maximum Gasteiger partial charge on any atom is 0.254 e. The van der Waals surface area contributed by atoms with Crippen molar-refractivity contribution in [1.82, 2.24) is 14.9 Å². The minimum absolute atomic E-state index is 0.259. The van der Waals surface area contributed by atoms with Crippen LogP contribution in [0, 0.1) is 0 Å². The van der Waals surface area contributed by atoms with Gasteiger partial charge in [0.05, 0.1) is 6.04 Å². The summed E-state index contributed by atoms with van der Waals surface area (Å²) < 4.78 is 26.7. The molecule has 0 aliphatic heterocycles. The number of nitrogens with one attached hydrogen (secondary N) is 1. The highest BCUT2D eigenvalue weighted by Gasteiger charge is 2.20. The highest BCUT2D eigenvalue weighted by molar-refractivity contribution is 4.95. The Bertz CT molecular complexity index is 273. The van der Waals surface area contributed by atoms with Gasteiger partial charge in [-0.2, -0.15) is 0 Å². The van der Waals surface area contributed by atoms with Gasteiger partial charge in [0.15, 0.2) is 0 Å². The second-order valence-corrected chi connectivity index (χ2v) is 3.06. The first-order chi connectivity index (χ1) is 6.69. The van der Waals surface area contributed by atoms with Crippen molar-refractivity contribution >= 4 is 0 Å². The van der Waals surface area contributed by atoms with Crippen LogP contribution < -0.4 is 5.32 Å². The molecule has 0 spiro atoms. The van der Waals surface area contributed by atoms with Crippen LogP contribution in [-0.4, -0.2) is 29.1 Å². The highest BCUT2D eigenvalue weighted by Crippen LogP contribution is 2.08. The third kappa shape index (κ3) is 2.51. The van der Waals surface area contributed by atoms with Gasteiger partial charge in [-0.25, -0.2) is 13.8 Å². The van der Waals surface area contributed by atoms with Gasteiger partial charge in [0.25, 0.3) is 6.43 Å². The SMILES string of the molecule is CCn1ccnc1CC(NC)C(F)F. The van der Waals surface area contributed by atoms with Crippen molar-refractivity contribution in [2.45, 2.75) is 32.4 Å². The van der Waals surface area contributed by atoms with E-state index in [0.29, 0.717) is 5.82 Å². The Morgan fingerprint density at radius 1 is 1.57 bits per heavy atom. The lowest BCUT2D eigenvalue weighted by molar-refractivity contribution is 0.101. The number of nitrogens with zero attached hydrogens (tertiary/aromatic N) is 2. The van der Waals surface area contributed by atoms with Gasteiger partial charge in [-0.1, -0.05) is 0 Å². The lowest BCUT2D eigenvalue weighted by atomic mass is 10.2. The van der Waals surface area contributed by atoms with E-state index >= 15 is 0 Å². The number of rotatable bonds is 5. The molecule has 1 rings (SSSR count). The molecule has 0 saturated carbocycles. The molecular weight excluding hydrogens is 188 g/mol. The van der Waals surface area contributed by atoms with E-state index in [1.807, 2.05) is 11.5 Å². The third-order valence-electron chi connectivity index (χ3n) is 2.22. The van der Waals surface area contributed by atoms with Crippen molar-refractivity contribution in [3.8, 4) is 0 Å². The first kappa shape index (κ1) is 11.1. The van der Waals surface area contributed by atoms with Crippen LogP contribution in [0.5, 0.6) is 0 Å². The van der Waals surface area contributed by atoms with E-state index in [4.69, 9.17) is 0 Å². The molecule has 1 aromatic heterocycles. The van der Waals surface area contributed by atoms with Crippen LogP contribution >= 0.6 is 0 Å². The molecule has 0 aliphatic rings. The molecule has 0 radical (unpaired) electrons. The lowest BCUT2D eigenvalue weighted by Crippen LogP contribution is -2.35. The quantitative estimate of drug-likeness (QED) is 0.781. The molecule has 0 bridgehead atoms. The van der Waals surface area contributed by atoms with Crippen LogP contribution in [0.2, 0.25) is 0 Å². The second-order valence-electron chi connectivity index (χ2n) is 3.06. The molecule has 1 aromatic rings. The van der Waals surface area contributed by atoms with Gasteiger partial charge in [0, 0.05) is 25.4 Å². The summed E-state index contributed by atoms with van der Waals surface area (Å²) in [7, 11) is 1.54. The van der Waals surface area contributed by atoms with E-state index in [0.717, 1.165) is 6.54 Å². The van der Waals surface area contributed by atoms with Crippen molar-refractivity contribution in [3.63, 3.8) is 0 Å². The molecule has 0 aromatic carbocycles. The van der Waals surface area contributed by atoms with E-state index < -0.39 is 12.5 Å². The average molecular weight is 203 g/mol. The van der Waals surface area contributed by atoms with E-state index in [-0.39, 0.29) is 6.42 Å². The Labute approximate surface area is 82.1 Å². The number of hydrogen-bond acceptors (Lipinski definition) is 2. The van der Waals surface area contributed by atoms with E-state index in [2.05, 4.69) is 10.3 Å². The first-order valence-electron chi connectivity index (χ1n) is 4.64. The minimum atomic E-state index is -2.36. The van der Waals surface area contributed by atoms with Crippen molar-refractivity contribution < 1.29 is 8.78 Å². The van der Waals surface area contributed by atoms with Crippen molar-refractivity contribution in [2.75, 3.05) is 7.05 Å². The molecule has 5 heteroatoms. The molecule has 1 unspecified atom stereocenters. The number of imidazole rings is 1. The van der Waals surface area contributed by atoms with Gasteiger partial charge in [0.2, 0.25) is 0 Å². The van der Waals surface area contributed by atoms with Gasteiger partial charge >= 0.3 is 0 Å². The Morgan fingerprint density at radius 2 is 2.29 bits per heavy atom. The van der Waals surface area contributed by atoms with Gasteiger partial charge in [0.1, 0.15) is 5.82 Å². The third-order valence-corrected chi connectivity index (χ3v) is 2.22. The topological polar surface area (TPSA) is 29.9 Å². The van der Waals surface area contributed by atoms with Crippen LogP contribution in [0.15, 0.2) is 12.4 Å². The Morgan fingerprint density at radius 3 is 2.79 bits per heavy atom. The summed E-state index contributed by atoms with van der Waals surface area (Å²) in [5, 5.41) is 2.59. The first-order valence-corrected chi connectivity index (χ1v) is 4.64. The molecule has 1 atom stereocenters. The van der Waals surface area contributed by atoms with Gasteiger partial charge in [-0.15, -0.1) is 0 Å². The maximum atomic E-state index is 12.4. The molecule has 1 heterocycles. The zero-order valence-corrected chi connectivity index (χ0v) is 8.37. The van der Waals surface area contributed by atoms with Crippen molar-refractivity contribution in [3.05, 3.63) is 18.2 Å². The van der Waals surface area contributed by atoms with Crippen LogP contribution in [0.1, 0.15) is 12.7 Å². The summed E-state index contributed by atoms with van der Waals surface area (Å²) in [6.07, 6.45) is 1.33. The van der Waals surface area contributed by atoms with E-state index in [1.165, 1.54) is 7.05 Å². The molecule has 0 aliphatic carbocycles. The maximum absolute atomic E-state index is 12.4. The fourth-order valence-corrected chi connectivity index (χ4v) is 1.33. The minimum Gasteiger partial charge on any atom is -0.335 e. The number of halogens is 2. The van der Waals surface area contributed by atoms with E-state index in [9.17, 15) is 8.78 Å². The number of likely N-dealkylation sites (N-methyl/N-ethyl adjacent to an activating group) is 1. The summed E-state index contributed by atoms with van der Waals surface area (Å²) >= 11 is 0. The summed E-state index contributed by atoms with van der Waals surface area (Å²) in [5.41, 5.74) is 0. The summed E-state index contributed by atoms with van der Waals surface area (Å²) in [4.78, 5) is 4.05. The molecule has 0 amide bonds. The summed E-state index contributed by atoms with van der Waals surface area (Å²) in [6.45, 7) is 2.72. The highest BCUT2D eigenvalue weighted by atomic mass is 19.3. The zero-order chi connectivity index (χ0) is 10.6. The fourth-order valence-electron chi connectivity index (χ4n) is 1.33. The number of hydrogen-bond donors (Lipinski definition) is 1. The smallest absolute Gasteiger partial charge is 0.254 e. The summed E-state index contributed by atoms with van der Waals surface area (Å²) in [6, 6.07) is -0.817. The van der Waals surface area contributed by atoms with Crippen molar-refractivity contribution in [2.24, 2.45) is 0 Å². The molecule has 1 N–H and O–H groups in total. The molecule has 3 nitrogen and oxygen atoms in total. The van der Waals surface area contributed by atoms with Crippen LogP contribution in [0.3, 0.4) is 0 Å². The Balaban J connectivity index is 2.66. The molecule has 80 valence electrons. The number of aromatic nitrogens is 2. The van der Waals surface area contributed by atoms with Gasteiger partial charge in [-0.05, 0) is 14.0 Å². The second kappa shape index (κ2) is 5.05. The van der Waals surface area contributed by atoms with Gasteiger partial charge in [-0.3, -0.25) is 0 Å². The standard InChI is InChI=1S/C9H15F2N3/c1-3-14-5-4-13-8(14)6-7(12-2)9(10)11/h4-5,7,9,12H,3,6H2,1-2H3. The number of alkyl halides is 2. The molecule has 0 saturated heterocycles. The van der Waals surface area contributed by atoms with Crippen molar-refractivity contribution in [1.29, 1.82) is 0 Å². The fraction of sp³-hybridized carbons (Fsp3) is 0.667. The van der Waals surface area contributed by atoms with Crippen LogP contribution in [-0.2, 0) is 13.0 Å². The Hall–Kier alpha value is -0.970. The van der Waals surface area contributed by atoms with Gasteiger partial charge < -0.3 is 9.88 Å². The largest absolute Gasteiger partial charge is 0.335 e.